The largest absolute Gasteiger partial charge is 0.355 e. The fourth-order valence-corrected chi connectivity index (χ4v) is 4.96. The van der Waals surface area contributed by atoms with Gasteiger partial charge in [0.15, 0.2) is 0 Å². The van der Waals surface area contributed by atoms with E-state index in [1.807, 2.05) is 0 Å². The van der Waals surface area contributed by atoms with Crippen molar-refractivity contribution in [2.75, 3.05) is 25.0 Å². The van der Waals surface area contributed by atoms with Crippen molar-refractivity contribution in [3.05, 3.63) is 51.7 Å². The lowest BCUT2D eigenvalue weighted by atomic mass is 9.96. The second kappa shape index (κ2) is 11.3. The molecule has 0 bridgehead atoms. The normalized spacial score (nSPS) is 18.2. The second-order valence-corrected chi connectivity index (χ2v) is 9.59. The van der Waals surface area contributed by atoms with Crippen LogP contribution in [0.1, 0.15) is 64.6 Å². The number of piperidine rings is 1. The predicted octanol–water partition coefficient (Wildman–Crippen LogP) is 3.79. The smallest absolute Gasteiger partial charge is 0.286 e. The first-order valence-electron chi connectivity index (χ1n) is 11.6. The molecule has 3 amide bonds. The zero-order valence-electron chi connectivity index (χ0n) is 18.9. The van der Waals surface area contributed by atoms with Crippen molar-refractivity contribution in [2.45, 2.75) is 44.9 Å². The maximum Gasteiger partial charge on any atom is 0.286 e. The van der Waals surface area contributed by atoms with Crippen LogP contribution < -0.4 is 10.6 Å². The summed E-state index contributed by atoms with van der Waals surface area (Å²) in [6, 6.07) is 5.35. The second-order valence-electron chi connectivity index (χ2n) is 8.61. The molecule has 0 saturated carbocycles. The van der Waals surface area contributed by atoms with Crippen LogP contribution >= 0.6 is 11.3 Å². The first kappa shape index (κ1) is 24.0. The highest BCUT2D eigenvalue weighted by Crippen LogP contribution is 2.22. The molecule has 1 fully saturated rings. The molecular formula is C24H28FN5O3S. The maximum absolute atomic E-state index is 13.0. The third-order valence-corrected chi connectivity index (χ3v) is 7.02. The van der Waals surface area contributed by atoms with Crippen LogP contribution in [0.3, 0.4) is 0 Å². The predicted molar refractivity (Wildman–Crippen MR) is 127 cm³/mol. The number of nitrogens with one attached hydrogen (secondary N) is 2. The lowest BCUT2D eigenvalue weighted by molar-refractivity contribution is -0.126. The number of benzene rings is 1. The Morgan fingerprint density at radius 3 is 2.65 bits per heavy atom. The molecule has 0 unspecified atom stereocenters. The van der Waals surface area contributed by atoms with E-state index >= 15 is 0 Å². The summed E-state index contributed by atoms with van der Waals surface area (Å²) in [5.41, 5.74) is 1.83. The topological polar surface area (TPSA) is 104 Å². The van der Waals surface area contributed by atoms with Gasteiger partial charge in [-0.3, -0.25) is 14.4 Å². The summed E-state index contributed by atoms with van der Waals surface area (Å²) in [6.07, 6.45) is 9.35. The zero-order valence-corrected chi connectivity index (χ0v) is 19.7. The molecule has 10 heteroatoms. The number of aromatic nitrogens is 2. The summed E-state index contributed by atoms with van der Waals surface area (Å²) in [7, 11) is 0. The number of allylic oxidation sites excluding steroid dienone is 1. The molecular weight excluding hydrogens is 457 g/mol. The number of anilines is 1. The number of halogens is 1. The van der Waals surface area contributed by atoms with E-state index in [9.17, 15) is 18.8 Å². The Balaban J connectivity index is 1.29. The van der Waals surface area contributed by atoms with Crippen molar-refractivity contribution in [3.8, 4) is 0 Å². The number of hydrogen-bond acceptors (Lipinski definition) is 6. The van der Waals surface area contributed by atoms with E-state index in [0.29, 0.717) is 25.3 Å². The van der Waals surface area contributed by atoms with Gasteiger partial charge in [0.1, 0.15) is 5.82 Å². The molecule has 1 atom stereocenters. The van der Waals surface area contributed by atoms with Gasteiger partial charge >= 0.3 is 0 Å². The molecule has 1 saturated heterocycles. The number of carbonyl (C=O) groups is 3. The van der Waals surface area contributed by atoms with Gasteiger partial charge in [-0.15, -0.1) is 10.2 Å². The SMILES string of the molecule is O=C(Nc1ccc(F)cc1)c1nnc(C(=O)N2CCC[C@@H](C(=O)NCCC3=CCCCC3)C2)s1. The van der Waals surface area contributed by atoms with Gasteiger partial charge in [0.05, 0.1) is 5.92 Å². The molecule has 0 radical (unpaired) electrons. The van der Waals surface area contributed by atoms with Gasteiger partial charge in [-0.05, 0) is 69.2 Å². The molecule has 4 rings (SSSR count). The van der Waals surface area contributed by atoms with E-state index in [2.05, 4.69) is 26.9 Å². The van der Waals surface area contributed by atoms with Crippen LogP contribution in [-0.4, -0.2) is 52.5 Å². The average molecular weight is 486 g/mol. The monoisotopic (exact) mass is 485 g/mol. The summed E-state index contributed by atoms with van der Waals surface area (Å²) >= 11 is 0.898. The molecule has 1 aliphatic carbocycles. The molecule has 2 heterocycles. The number of rotatable bonds is 7. The minimum Gasteiger partial charge on any atom is -0.355 e. The zero-order chi connectivity index (χ0) is 23.9. The van der Waals surface area contributed by atoms with E-state index in [1.54, 1.807) is 4.90 Å². The van der Waals surface area contributed by atoms with Crippen LogP contribution in [0.5, 0.6) is 0 Å². The van der Waals surface area contributed by atoms with Gasteiger partial charge < -0.3 is 15.5 Å². The Kier molecular flexibility index (Phi) is 7.99. The number of amides is 3. The maximum atomic E-state index is 13.0. The molecule has 1 aliphatic heterocycles. The van der Waals surface area contributed by atoms with Gasteiger partial charge in [-0.2, -0.15) is 0 Å². The molecule has 1 aromatic carbocycles. The van der Waals surface area contributed by atoms with Crippen LogP contribution in [-0.2, 0) is 4.79 Å². The van der Waals surface area contributed by atoms with Gasteiger partial charge in [0, 0.05) is 25.3 Å². The van der Waals surface area contributed by atoms with E-state index in [0.717, 1.165) is 43.4 Å². The van der Waals surface area contributed by atoms with E-state index in [-0.39, 0.29) is 27.7 Å². The van der Waals surface area contributed by atoms with Gasteiger partial charge in [0.25, 0.3) is 11.8 Å². The van der Waals surface area contributed by atoms with Crippen molar-refractivity contribution >= 4 is 34.7 Å². The molecule has 8 nitrogen and oxygen atoms in total. The highest BCUT2D eigenvalue weighted by atomic mass is 32.1. The van der Waals surface area contributed by atoms with Crippen LogP contribution in [0.25, 0.3) is 0 Å². The molecule has 2 aliphatic rings. The summed E-state index contributed by atoms with van der Waals surface area (Å²) in [5.74, 6) is -1.54. The number of nitrogens with zero attached hydrogens (tertiary/aromatic N) is 3. The summed E-state index contributed by atoms with van der Waals surface area (Å²) < 4.78 is 13.0. The Labute approximate surface area is 201 Å². The van der Waals surface area contributed by atoms with E-state index < -0.39 is 11.7 Å². The molecule has 0 spiro atoms. The lowest BCUT2D eigenvalue weighted by Gasteiger charge is -2.31. The molecule has 1 aromatic heterocycles. The summed E-state index contributed by atoms with van der Waals surface area (Å²) in [5, 5.41) is 13.5. The molecule has 180 valence electrons. The van der Waals surface area contributed by atoms with Crippen molar-refractivity contribution in [1.82, 2.24) is 20.4 Å². The number of likely N-dealkylation sites (tertiary alicyclic amines) is 1. The standard InChI is InChI=1S/C24H28FN5O3S/c25-18-8-10-19(11-9-18)27-21(32)22-28-29-23(34-22)24(33)30-14-4-7-17(15-30)20(31)26-13-12-16-5-2-1-3-6-16/h5,8-11,17H,1-4,6-7,12-15H2,(H,26,31)(H,27,32)/t17-/m1/s1. The van der Waals surface area contributed by atoms with Crippen LogP contribution in [0.4, 0.5) is 10.1 Å². The number of hydrogen-bond donors (Lipinski definition) is 2. The minimum absolute atomic E-state index is 0.0227. The Morgan fingerprint density at radius 2 is 1.88 bits per heavy atom. The van der Waals surface area contributed by atoms with Crippen molar-refractivity contribution in [2.24, 2.45) is 5.92 Å². The first-order chi connectivity index (χ1) is 16.5. The molecule has 2 N–H and O–H groups in total. The van der Waals surface area contributed by atoms with Crippen LogP contribution in [0.2, 0.25) is 0 Å². The van der Waals surface area contributed by atoms with Crippen LogP contribution in [0.15, 0.2) is 35.9 Å². The Morgan fingerprint density at radius 1 is 1.09 bits per heavy atom. The number of carbonyl (C=O) groups excluding carboxylic acids is 3. The van der Waals surface area contributed by atoms with Gasteiger partial charge in [-0.25, -0.2) is 4.39 Å². The Hall–Kier alpha value is -3.14. The third kappa shape index (κ3) is 6.25. The van der Waals surface area contributed by atoms with E-state index in [1.165, 1.54) is 42.7 Å². The fourth-order valence-electron chi connectivity index (χ4n) is 4.25. The van der Waals surface area contributed by atoms with Crippen molar-refractivity contribution in [3.63, 3.8) is 0 Å². The highest BCUT2D eigenvalue weighted by molar-refractivity contribution is 7.15. The van der Waals surface area contributed by atoms with Gasteiger partial charge in [0.2, 0.25) is 15.9 Å². The third-order valence-electron chi connectivity index (χ3n) is 6.11. The molecule has 34 heavy (non-hydrogen) atoms. The van der Waals surface area contributed by atoms with Crippen molar-refractivity contribution < 1.29 is 18.8 Å². The van der Waals surface area contributed by atoms with Gasteiger partial charge in [-0.1, -0.05) is 23.0 Å². The highest BCUT2D eigenvalue weighted by Gasteiger charge is 2.30. The quantitative estimate of drug-likeness (QED) is 0.581. The lowest BCUT2D eigenvalue weighted by Crippen LogP contribution is -2.45. The fraction of sp³-hybridized carbons (Fsp3) is 0.458. The van der Waals surface area contributed by atoms with Crippen molar-refractivity contribution in [1.29, 1.82) is 0 Å². The summed E-state index contributed by atoms with van der Waals surface area (Å²) in [4.78, 5) is 39.6. The minimum atomic E-state index is -0.521. The molecule has 2 aromatic rings. The summed E-state index contributed by atoms with van der Waals surface area (Å²) in [6.45, 7) is 1.48. The van der Waals surface area contributed by atoms with Crippen LogP contribution in [0, 0.1) is 11.7 Å². The average Bonchev–Trinajstić information content (AvgIpc) is 3.36. The van der Waals surface area contributed by atoms with E-state index in [4.69, 9.17) is 0 Å². The Bertz CT molecular complexity index is 1070. The first-order valence-corrected chi connectivity index (χ1v) is 12.5.